The Kier molecular flexibility index (Phi) is 3.48. The Morgan fingerprint density at radius 2 is 2.00 bits per heavy atom. The van der Waals surface area contributed by atoms with Gasteiger partial charge in [0.25, 0.3) is 0 Å². The summed E-state index contributed by atoms with van der Waals surface area (Å²) in [6.45, 7) is 9.63. The van der Waals surface area contributed by atoms with E-state index in [1.54, 1.807) is 0 Å². The van der Waals surface area contributed by atoms with Crippen LogP contribution in [-0.2, 0) is 11.8 Å². The number of nitrogens with one attached hydrogen (secondary N) is 1. The molecule has 1 aliphatic rings. The fourth-order valence-corrected chi connectivity index (χ4v) is 1.80. The molecule has 0 aromatic carbocycles. The lowest BCUT2D eigenvalue weighted by atomic mass is 9.91. The average Bonchev–Trinajstić information content (AvgIpc) is 2.99. The topological polar surface area (TPSA) is 37.8 Å². The second-order valence-electron chi connectivity index (χ2n) is 6.04. The molecule has 1 saturated carbocycles. The Morgan fingerprint density at radius 1 is 1.29 bits per heavy atom. The first kappa shape index (κ1) is 12.5. The van der Waals surface area contributed by atoms with Gasteiger partial charge in [-0.3, -0.25) is 0 Å². The van der Waals surface area contributed by atoms with E-state index in [9.17, 15) is 0 Å². The van der Waals surface area contributed by atoms with Crippen LogP contribution in [0.4, 0.5) is 0 Å². The third-order valence-corrected chi connectivity index (χ3v) is 3.03. The first-order valence-corrected chi connectivity index (χ1v) is 6.53. The van der Waals surface area contributed by atoms with E-state index in [0.29, 0.717) is 0 Å². The lowest BCUT2D eigenvalue weighted by molar-refractivity contribution is 0.557. The smallest absolute Gasteiger partial charge is 0.130 e. The van der Waals surface area contributed by atoms with E-state index in [0.717, 1.165) is 36.2 Å². The van der Waals surface area contributed by atoms with Crippen LogP contribution in [0.25, 0.3) is 0 Å². The van der Waals surface area contributed by atoms with Gasteiger partial charge in [0.05, 0.1) is 0 Å². The SMILES string of the molecule is Cc1cc(C(C)(C)C)nc(CCNC2CC2)n1. The van der Waals surface area contributed by atoms with Crippen molar-refractivity contribution >= 4 is 0 Å². The lowest BCUT2D eigenvalue weighted by Gasteiger charge is -2.18. The first-order chi connectivity index (χ1) is 7.95. The van der Waals surface area contributed by atoms with Crippen LogP contribution in [0, 0.1) is 6.92 Å². The van der Waals surface area contributed by atoms with E-state index in [4.69, 9.17) is 0 Å². The second-order valence-corrected chi connectivity index (χ2v) is 6.04. The number of rotatable bonds is 4. The molecule has 2 rings (SSSR count). The van der Waals surface area contributed by atoms with Crippen LogP contribution in [-0.4, -0.2) is 22.6 Å². The summed E-state index contributed by atoms with van der Waals surface area (Å²) in [5.41, 5.74) is 2.32. The Bertz CT molecular complexity index is 389. The maximum Gasteiger partial charge on any atom is 0.130 e. The fraction of sp³-hybridized carbons (Fsp3) is 0.714. The molecule has 94 valence electrons. The molecule has 0 amide bonds. The zero-order chi connectivity index (χ0) is 12.5. The van der Waals surface area contributed by atoms with Crippen LogP contribution in [0.15, 0.2) is 6.07 Å². The van der Waals surface area contributed by atoms with Gasteiger partial charge in [0.2, 0.25) is 0 Å². The predicted molar refractivity (Wildman–Crippen MR) is 70.2 cm³/mol. The minimum absolute atomic E-state index is 0.104. The van der Waals surface area contributed by atoms with Gasteiger partial charge in [0.15, 0.2) is 0 Å². The lowest BCUT2D eigenvalue weighted by Crippen LogP contribution is -2.22. The normalized spacial score (nSPS) is 16.2. The molecule has 1 aliphatic carbocycles. The van der Waals surface area contributed by atoms with Crippen molar-refractivity contribution in [3.05, 3.63) is 23.3 Å². The van der Waals surface area contributed by atoms with Crippen LogP contribution < -0.4 is 5.32 Å². The van der Waals surface area contributed by atoms with Crippen LogP contribution >= 0.6 is 0 Å². The summed E-state index contributed by atoms with van der Waals surface area (Å²) >= 11 is 0. The van der Waals surface area contributed by atoms with Gasteiger partial charge in [-0.25, -0.2) is 9.97 Å². The number of hydrogen-bond acceptors (Lipinski definition) is 3. The molecule has 1 aromatic heterocycles. The van der Waals surface area contributed by atoms with E-state index in [2.05, 4.69) is 49.0 Å². The molecule has 1 fully saturated rings. The minimum atomic E-state index is 0.104. The predicted octanol–water partition coefficient (Wildman–Crippen LogP) is 2.38. The summed E-state index contributed by atoms with van der Waals surface area (Å²) in [6.07, 6.45) is 3.60. The van der Waals surface area contributed by atoms with Crippen LogP contribution in [0.1, 0.15) is 50.8 Å². The second kappa shape index (κ2) is 4.73. The van der Waals surface area contributed by atoms with Crippen molar-refractivity contribution in [2.45, 2.75) is 58.4 Å². The van der Waals surface area contributed by atoms with Gasteiger partial charge in [-0.2, -0.15) is 0 Å². The van der Waals surface area contributed by atoms with Gasteiger partial charge in [0, 0.05) is 35.8 Å². The minimum Gasteiger partial charge on any atom is -0.314 e. The number of hydrogen-bond donors (Lipinski definition) is 1. The van der Waals surface area contributed by atoms with Crippen molar-refractivity contribution in [1.29, 1.82) is 0 Å². The summed E-state index contributed by atoms with van der Waals surface area (Å²) in [7, 11) is 0. The highest BCUT2D eigenvalue weighted by Crippen LogP contribution is 2.21. The van der Waals surface area contributed by atoms with E-state index >= 15 is 0 Å². The van der Waals surface area contributed by atoms with Crippen molar-refractivity contribution in [2.75, 3.05) is 6.54 Å². The molecule has 1 aromatic rings. The number of aromatic nitrogens is 2. The summed E-state index contributed by atoms with van der Waals surface area (Å²) in [5.74, 6) is 0.975. The van der Waals surface area contributed by atoms with Gasteiger partial charge in [-0.15, -0.1) is 0 Å². The quantitative estimate of drug-likeness (QED) is 0.867. The van der Waals surface area contributed by atoms with Gasteiger partial charge in [-0.05, 0) is 25.8 Å². The van der Waals surface area contributed by atoms with Gasteiger partial charge >= 0.3 is 0 Å². The molecular formula is C14H23N3. The average molecular weight is 233 g/mol. The van der Waals surface area contributed by atoms with Crippen molar-refractivity contribution in [3.63, 3.8) is 0 Å². The van der Waals surface area contributed by atoms with Crippen molar-refractivity contribution < 1.29 is 0 Å². The highest BCUT2D eigenvalue weighted by atomic mass is 15.0. The standard InChI is InChI=1S/C14H23N3/c1-10-9-12(14(2,3)4)17-13(16-10)7-8-15-11-5-6-11/h9,11,15H,5-8H2,1-4H3. The Balaban J connectivity index is 2.02. The first-order valence-electron chi connectivity index (χ1n) is 6.53. The molecule has 17 heavy (non-hydrogen) atoms. The highest BCUT2D eigenvalue weighted by molar-refractivity contribution is 5.17. The summed E-state index contributed by atoms with van der Waals surface area (Å²) in [5, 5.41) is 3.50. The van der Waals surface area contributed by atoms with Crippen LogP contribution in [0.2, 0.25) is 0 Å². The van der Waals surface area contributed by atoms with E-state index in [1.165, 1.54) is 12.8 Å². The summed E-state index contributed by atoms with van der Waals surface area (Å²) in [6, 6.07) is 2.86. The van der Waals surface area contributed by atoms with Gasteiger partial charge in [0.1, 0.15) is 5.82 Å². The number of nitrogens with zero attached hydrogens (tertiary/aromatic N) is 2. The largest absolute Gasteiger partial charge is 0.314 e. The van der Waals surface area contributed by atoms with Gasteiger partial charge in [-0.1, -0.05) is 20.8 Å². The molecule has 0 bridgehead atoms. The Labute approximate surface area is 104 Å². The van der Waals surface area contributed by atoms with E-state index < -0.39 is 0 Å². The monoisotopic (exact) mass is 233 g/mol. The highest BCUT2D eigenvalue weighted by Gasteiger charge is 2.20. The Morgan fingerprint density at radius 3 is 2.59 bits per heavy atom. The molecular weight excluding hydrogens is 210 g/mol. The molecule has 3 heteroatoms. The van der Waals surface area contributed by atoms with Crippen molar-refractivity contribution in [3.8, 4) is 0 Å². The van der Waals surface area contributed by atoms with Crippen molar-refractivity contribution in [2.24, 2.45) is 0 Å². The van der Waals surface area contributed by atoms with Crippen LogP contribution in [0.5, 0.6) is 0 Å². The summed E-state index contributed by atoms with van der Waals surface area (Å²) in [4.78, 5) is 9.18. The molecule has 0 unspecified atom stereocenters. The zero-order valence-corrected chi connectivity index (χ0v) is 11.4. The molecule has 1 heterocycles. The molecule has 0 radical (unpaired) electrons. The van der Waals surface area contributed by atoms with Crippen LogP contribution in [0.3, 0.4) is 0 Å². The molecule has 0 spiro atoms. The van der Waals surface area contributed by atoms with E-state index in [1.807, 2.05) is 0 Å². The zero-order valence-electron chi connectivity index (χ0n) is 11.4. The third-order valence-electron chi connectivity index (χ3n) is 3.03. The van der Waals surface area contributed by atoms with Crippen molar-refractivity contribution in [1.82, 2.24) is 15.3 Å². The van der Waals surface area contributed by atoms with Gasteiger partial charge < -0.3 is 5.32 Å². The number of aryl methyl sites for hydroxylation is 1. The Hall–Kier alpha value is -0.960. The fourth-order valence-electron chi connectivity index (χ4n) is 1.80. The molecule has 0 saturated heterocycles. The molecule has 3 nitrogen and oxygen atoms in total. The molecule has 0 atom stereocenters. The molecule has 1 N–H and O–H groups in total. The summed E-state index contributed by atoms with van der Waals surface area (Å²) < 4.78 is 0. The maximum atomic E-state index is 4.67. The molecule has 0 aliphatic heterocycles. The maximum absolute atomic E-state index is 4.67. The third kappa shape index (κ3) is 3.77. The van der Waals surface area contributed by atoms with E-state index in [-0.39, 0.29) is 5.41 Å².